The van der Waals surface area contributed by atoms with E-state index in [1.165, 1.54) is 40.7 Å². The fraction of sp³-hybridized carbons (Fsp3) is 0.269. The number of halogens is 2. The quantitative estimate of drug-likeness (QED) is 0.375. The van der Waals surface area contributed by atoms with Gasteiger partial charge in [-0.05, 0) is 53.6 Å². The molecule has 1 saturated heterocycles. The molecule has 39 heavy (non-hydrogen) atoms. The molecular formula is C26H27Cl2N3O6S2. The van der Waals surface area contributed by atoms with Gasteiger partial charge in [-0.25, -0.2) is 16.8 Å². The van der Waals surface area contributed by atoms with Crippen LogP contribution in [0.3, 0.4) is 0 Å². The van der Waals surface area contributed by atoms with Gasteiger partial charge in [-0.3, -0.25) is 4.79 Å². The second-order valence-electron chi connectivity index (χ2n) is 8.76. The second kappa shape index (κ2) is 12.8. The second-order valence-corrected chi connectivity index (χ2v) is 13.5. The number of nitrogens with zero attached hydrogens (tertiary/aromatic N) is 2. The highest BCUT2D eigenvalue weighted by molar-refractivity contribution is 7.89. The summed E-state index contributed by atoms with van der Waals surface area (Å²) in [7, 11) is -7.70. The number of nitrogens with one attached hydrogen (secondary N) is 1. The van der Waals surface area contributed by atoms with Crippen LogP contribution in [0.15, 0.2) is 82.6 Å². The Morgan fingerprint density at radius 3 is 2.13 bits per heavy atom. The number of carbonyl (C=O) groups is 1. The van der Waals surface area contributed by atoms with Gasteiger partial charge in [0.25, 0.3) is 0 Å². The summed E-state index contributed by atoms with van der Waals surface area (Å²) in [6, 6.07) is 18.7. The molecule has 3 aromatic carbocycles. The smallest absolute Gasteiger partial charge is 0.243 e. The molecule has 13 heteroatoms. The van der Waals surface area contributed by atoms with Gasteiger partial charge in [0.1, 0.15) is 0 Å². The summed E-state index contributed by atoms with van der Waals surface area (Å²) in [6.07, 6.45) is 0. The molecule has 1 aliphatic rings. The van der Waals surface area contributed by atoms with Crippen molar-refractivity contribution in [2.45, 2.75) is 22.9 Å². The Balaban J connectivity index is 1.45. The topological polar surface area (TPSA) is 113 Å². The number of amides is 1. The standard InChI is InChI=1S/C26H27Cl2N3O6S2/c27-22-7-11-24(12-8-22)39(35,36)31(18-21-3-1-2-4-25(21)28)19-26(32)29-17-20-5-9-23(10-6-20)38(33,34)30-13-15-37-16-14-30/h1-12H,13-19H2,(H,29,32). The van der Waals surface area contributed by atoms with Gasteiger partial charge in [0.05, 0.1) is 29.5 Å². The Hall–Kier alpha value is -2.51. The molecule has 3 aromatic rings. The van der Waals surface area contributed by atoms with Crippen LogP contribution in [-0.2, 0) is 42.7 Å². The number of ether oxygens (including phenoxy) is 1. The van der Waals surface area contributed by atoms with Gasteiger partial charge in [-0.15, -0.1) is 0 Å². The molecule has 0 atom stereocenters. The summed E-state index contributed by atoms with van der Waals surface area (Å²) >= 11 is 12.2. The Labute approximate surface area is 238 Å². The van der Waals surface area contributed by atoms with Gasteiger partial charge in [0.2, 0.25) is 26.0 Å². The Kier molecular flexibility index (Phi) is 9.65. The van der Waals surface area contributed by atoms with Gasteiger partial charge >= 0.3 is 0 Å². The van der Waals surface area contributed by atoms with Crippen LogP contribution >= 0.6 is 23.2 Å². The third kappa shape index (κ3) is 7.37. The summed E-state index contributed by atoms with van der Waals surface area (Å²) in [6.45, 7) is 0.798. The highest BCUT2D eigenvalue weighted by Gasteiger charge is 2.28. The van der Waals surface area contributed by atoms with Gasteiger partial charge in [0.15, 0.2) is 0 Å². The fourth-order valence-corrected chi connectivity index (χ4v) is 7.03. The van der Waals surface area contributed by atoms with Crippen LogP contribution in [0.4, 0.5) is 0 Å². The van der Waals surface area contributed by atoms with Crippen LogP contribution in [0.2, 0.25) is 10.0 Å². The molecule has 1 heterocycles. The molecule has 1 amide bonds. The van der Waals surface area contributed by atoms with E-state index in [0.717, 1.165) is 4.31 Å². The summed E-state index contributed by atoms with van der Waals surface area (Å²) in [5.41, 5.74) is 1.20. The minimum Gasteiger partial charge on any atom is -0.379 e. The lowest BCUT2D eigenvalue weighted by Gasteiger charge is -2.26. The third-order valence-corrected chi connectivity index (χ3v) is 10.4. The first kappa shape index (κ1) is 29.5. The van der Waals surface area contributed by atoms with Crippen molar-refractivity contribution in [2.75, 3.05) is 32.8 Å². The lowest BCUT2D eigenvalue weighted by molar-refractivity contribution is -0.121. The van der Waals surface area contributed by atoms with Crippen molar-refractivity contribution in [1.29, 1.82) is 0 Å². The van der Waals surface area contributed by atoms with E-state index in [9.17, 15) is 21.6 Å². The predicted molar refractivity (Wildman–Crippen MR) is 148 cm³/mol. The van der Waals surface area contributed by atoms with Crippen molar-refractivity contribution in [3.05, 3.63) is 94.0 Å². The lowest BCUT2D eigenvalue weighted by Crippen LogP contribution is -2.40. The number of benzene rings is 3. The maximum atomic E-state index is 13.4. The minimum atomic E-state index is -4.07. The zero-order chi connectivity index (χ0) is 28.0. The van der Waals surface area contributed by atoms with Crippen LogP contribution in [0.25, 0.3) is 0 Å². The molecule has 0 saturated carbocycles. The summed E-state index contributed by atoms with van der Waals surface area (Å²) < 4.78 is 60.1. The van der Waals surface area contributed by atoms with Crippen molar-refractivity contribution < 1.29 is 26.4 Å². The molecule has 0 bridgehead atoms. The first-order valence-corrected chi connectivity index (χ1v) is 15.6. The van der Waals surface area contributed by atoms with Crippen molar-refractivity contribution in [1.82, 2.24) is 13.9 Å². The zero-order valence-electron chi connectivity index (χ0n) is 20.8. The van der Waals surface area contributed by atoms with Crippen molar-refractivity contribution in [2.24, 2.45) is 0 Å². The molecule has 208 valence electrons. The maximum Gasteiger partial charge on any atom is 0.243 e. The van der Waals surface area contributed by atoms with Crippen molar-refractivity contribution >= 4 is 49.2 Å². The van der Waals surface area contributed by atoms with Gasteiger partial charge in [-0.2, -0.15) is 8.61 Å². The fourth-order valence-electron chi connectivity index (χ4n) is 3.93. The summed E-state index contributed by atoms with van der Waals surface area (Å²) in [5.74, 6) is -0.537. The zero-order valence-corrected chi connectivity index (χ0v) is 23.9. The van der Waals surface area contributed by atoms with E-state index in [0.29, 0.717) is 47.5 Å². The maximum absolute atomic E-state index is 13.4. The molecule has 1 aliphatic heterocycles. The largest absolute Gasteiger partial charge is 0.379 e. The molecule has 9 nitrogen and oxygen atoms in total. The van der Waals surface area contributed by atoms with Gasteiger partial charge < -0.3 is 10.1 Å². The van der Waals surface area contributed by atoms with Crippen molar-refractivity contribution in [3.8, 4) is 0 Å². The highest BCUT2D eigenvalue weighted by Crippen LogP contribution is 2.24. The summed E-state index contributed by atoms with van der Waals surface area (Å²) in [4.78, 5) is 13.0. The molecule has 0 aromatic heterocycles. The molecule has 0 aliphatic carbocycles. The monoisotopic (exact) mass is 611 g/mol. The Bertz CT molecular complexity index is 1510. The third-order valence-electron chi connectivity index (χ3n) is 6.10. The number of carbonyl (C=O) groups excluding carboxylic acids is 1. The van der Waals surface area contributed by atoms with E-state index in [4.69, 9.17) is 27.9 Å². The van der Waals surface area contributed by atoms with Crippen LogP contribution in [-0.4, -0.2) is 64.2 Å². The molecule has 0 unspecified atom stereocenters. The average molecular weight is 613 g/mol. The molecule has 1 fully saturated rings. The van der Waals surface area contributed by atoms with E-state index >= 15 is 0 Å². The number of hydrogen-bond acceptors (Lipinski definition) is 6. The molecule has 0 radical (unpaired) electrons. The van der Waals surface area contributed by atoms with Crippen LogP contribution in [0.5, 0.6) is 0 Å². The lowest BCUT2D eigenvalue weighted by atomic mass is 10.2. The first-order chi connectivity index (χ1) is 18.6. The van der Waals surface area contributed by atoms with E-state index in [1.807, 2.05) is 0 Å². The number of sulfonamides is 2. The van der Waals surface area contributed by atoms with Crippen LogP contribution in [0, 0.1) is 0 Å². The molecular weight excluding hydrogens is 585 g/mol. The SMILES string of the molecule is O=C(CN(Cc1ccccc1Cl)S(=O)(=O)c1ccc(Cl)cc1)NCc1ccc(S(=O)(=O)N2CCOCC2)cc1. The van der Waals surface area contributed by atoms with E-state index < -0.39 is 32.5 Å². The number of hydrogen-bond donors (Lipinski definition) is 1. The number of rotatable bonds is 10. The molecule has 0 spiro atoms. The Morgan fingerprint density at radius 1 is 0.872 bits per heavy atom. The van der Waals surface area contributed by atoms with Gasteiger partial charge in [-0.1, -0.05) is 53.5 Å². The molecule has 1 N–H and O–H groups in total. The van der Waals surface area contributed by atoms with Crippen LogP contribution in [0.1, 0.15) is 11.1 Å². The predicted octanol–water partition coefficient (Wildman–Crippen LogP) is 3.52. The van der Waals surface area contributed by atoms with Crippen molar-refractivity contribution in [3.63, 3.8) is 0 Å². The highest BCUT2D eigenvalue weighted by atomic mass is 35.5. The Morgan fingerprint density at radius 2 is 1.49 bits per heavy atom. The first-order valence-electron chi connectivity index (χ1n) is 12.0. The summed E-state index contributed by atoms with van der Waals surface area (Å²) in [5, 5.41) is 3.47. The normalized spacial score (nSPS) is 14.8. The van der Waals surface area contributed by atoms with Gasteiger partial charge in [0, 0.05) is 36.2 Å². The van der Waals surface area contributed by atoms with Crippen LogP contribution < -0.4 is 5.32 Å². The van der Waals surface area contributed by atoms with E-state index in [2.05, 4.69) is 5.32 Å². The minimum absolute atomic E-state index is 0.0104. The van der Waals surface area contributed by atoms with E-state index in [-0.39, 0.29) is 22.9 Å². The molecule has 4 rings (SSSR count). The average Bonchev–Trinajstić information content (AvgIpc) is 2.93. The number of morpholine rings is 1. The van der Waals surface area contributed by atoms with E-state index in [1.54, 1.807) is 36.4 Å².